The first-order valence-electron chi connectivity index (χ1n) is 9.43. The van der Waals surface area contributed by atoms with Crippen LogP contribution in [-0.2, 0) is 21.4 Å². The molecule has 0 heterocycles. The Morgan fingerprint density at radius 2 is 1.61 bits per heavy atom. The van der Waals surface area contributed by atoms with Crippen molar-refractivity contribution in [1.82, 2.24) is 4.31 Å². The molecule has 0 unspecified atom stereocenters. The number of aryl methyl sites for hydroxylation is 1. The Hall–Kier alpha value is -2.95. The highest BCUT2D eigenvalue weighted by atomic mass is 35.5. The van der Waals surface area contributed by atoms with E-state index in [1.807, 2.05) is 5.32 Å². The highest BCUT2D eigenvalue weighted by Crippen LogP contribution is 2.25. The van der Waals surface area contributed by atoms with Crippen LogP contribution < -0.4 is 5.32 Å². The first kappa shape index (κ1) is 24.7. The first-order chi connectivity index (χ1) is 15.5. The van der Waals surface area contributed by atoms with Crippen LogP contribution in [0, 0.1) is 30.2 Å². The zero-order valence-electron chi connectivity index (χ0n) is 17.1. The van der Waals surface area contributed by atoms with Crippen LogP contribution in [0.25, 0.3) is 0 Å². The largest absolute Gasteiger partial charge is 0.322 e. The molecule has 0 saturated carbocycles. The van der Waals surface area contributed by atoms with E-state index in [9.17, 15) is 30.8 Å². The molecule has 1 amide bonds. The summed E-state index contributed by atoms with van der Waals surface area (Å²) < 4.78 is 81.9. The summed E-state index contributed by atoms with van der Waals surface area (Å²) in [7, 11) is -4.34. The van der Waals surface area contributed by atoms with Crippen LogP contribution in [0.1, 0.15) is 11.1 Å². The predicted octanol–water partition coefficient (Wildman–Crippen LogP) is 5.03. The third-order valence-electron chi connectivity index (χ3n) is 4.68. The van der Waals surface area contributed by atoms with Crippen LogP contribution >= 0.6 is 11.6 Å². The zero-order valence-corrected chi connectivity index (χ0v) is 18.7. The number of rotatable bonds is 7. The second-order valence-electron chi connectivity index (χ2n) is 7.06. The number of benzene rings is 3. The third-order valence-corrected chi connectivity index (χ3v) is 6.84. The Balaban J connectivity index is 1.95. The van der Waals surface area contributed by atoms with Gasteiger partial charge in [0.1, 0.15) is 5.82 Å². The quantitative estimate of drug-likeness (QED) is 0.365. The van der Waals surface area contributed by atoms with Gasteiger partial charge in [0.05, 0.1) is 17.1 Å². The van der Waals surface area contributed by atoms with Gasteiger partial charge in [-0.3, -0.25) is 4.79 Å². The summed E-state index contributed by atoms with van der Waals surface area (Å²) in [6.07, 6.45) is 0. The fraction of sp³-hybridized carbons (Fsp3) is 0.136. The molecule has 3 aromatic rings. The Labute approximate surface area is 192 Å². The van der Waals surface area contributed by atoms with Gasteiger partial charge < -0.3 is 5.32 Å². The molecule has 11 heteroatoms. The average molecular weight is 501 g/mol. The molecule has 0 bridgehead atoms. The van der Waals surface area contributed by atoms with E-state index in [0.29, 0.717) is 10.4 Å². The van der Waals surface area contributed by atoms with Crippen molar-refractivity contribution in [2.45, 2.75) is 18.4 Å². The van der Waals surface area contributed by atoms with Gasteiger partial charge in [-0.1, -0.05) is 35.4 Å². The second-order valence-corrected chi connectivity index (χ2v) is 9.40. The van der Waals surface area contributed by atoms with Crippen molar-refractivity contribution < 1.29 is 30.8 Å². The van der Waals surface area contributed by atoms with E-state index in [1.54, 1.807) is 6.92 Å². The Kier molecular flexibility index (Phi) is 7.41. The number of halogens is 5. The van der Waals surface area contributed by atoms with E-state index in [0.717, 1.165) is 17.7 Å². The lowest BCUT2D eigenvalue weighted by Crippen LogP contribution is -2.38. The summed E-state index contributed by atoms with van der Waals surface area (Å²) in [5, 5.41) is 1.94. The van der Waals surface area contributed by atoms with E-state index in [2.05, 4.69) is 0 Å². The summed E-state index contributed by atoms with van der Waals surface area (Å²) in [4.78, 5) is 12.4. The van der Waals surface area contributed by atoms with Crippen LogP contribution in [0.5, 0.6) is 0 Å². The standard InChI is InChI=1S/C22H17ClF4N2O3S/c1-13-5-7-14(8-6-13)33(31,32)29(11-15-16(23)3-2-4-17(15)24)12-20(30)28-19-10-9-18(25)21(26)22(19)27/h2-10H,11-12H2,1H3,(H,28,30). The zero-order chi connectivity index (χ0) is 24.3. The lowest BCUT2D eigenvalue weighted by Gasteiger charge is -2.23. The normalized spacial score (nSPS) is 11.6. The molecule has 0 radical (unpaired) electrons. The van der Waals surface area contributed by atoms with Gasteiger partial charge in [0.15, 0.2) is 17.5 Å². The third kappa shape index (κ3) is 5.52. The Morgan fingerprint density at radius 1 is 0.939 bits per heavy atom. The van der Waals surface area contributed by atoms with Crippen LogP contribution in [0.3, 0.4) is 0 Å². The molecule has 0 fully saturated rings. The number of nitrogens with zero attached hydrogens (tertiary/aromatic N) is 1. The molecule has 1 N–H and O–H groups in total. The van der Waals surface area contributed by atoms with Gasteiger partial charge in [0, 0.05) is 17.1 Å². The smallest absolute Gasteiger partial charge is 0.243 e. The molecule has 0 aliphatic heterocycles. The van der Waals surface area contributed by atoms with Crippen molar-refractivity contribution in [3.8, 4) is 0 Å². The minimum Gasteiger partial charge on any atom is -0.322 e. The van der Waals surface area contributed by atoms with Gasteiger partial charge in [-0.2, -0.15) is 4.31 Å². The van der Waals surface area contributed by atoms with E-state index in [1.165, 1.54) is 36.4 Å². The molecule has 33 heavy (non-hydrogen) atoms. The van der Waals surface area contributed by atoms with E-state index >= 15 is 0 Å². The molecule has 0 aliphatic carbocycles. The van der Waals surface area contributed by atoms with Gasteiger partial charge in [-0.15, -0.1) is 0 Å². The number of carbonyl (C=O) groups excluding carboxylic acids is 1. The molecular weight excluding hydrogens is 484 g/mol. The first-order valence-corrected chi connectivity index (χ1v) is 11.3. The van der Waals surface area contributed by atoms with Crippen molar-refractivity contribution in [3.05, 3.63) is 94.0 Å². The summed E-state index contributed by atoms with van der Waals surface area (Å²) in [5.74, 6) is -6.76. The second kappa shape index (κ2) is 9.90. The Morgan fingerprint density at radius 3 is 2.24 bits per heavy atom. The minimum absolute atomic E-state index is 0.0637. The monoisotopic (exact) mass is 500 g/mol. The Bertz CT molecular complexity index is 1280. The van der Waals surface area contributed by atoms with Crippen LogP contribution in [-0.4, -0.2) is 25.2 Å². The lowest BCUT2D eigenvalue weighted by molar-refractivity contribution is -0.116. The molecule has 174 valence electrons. The molecule has 5 nitrogen and oxygen atoms in total. The number of hydrogen-bond acceptors (Lipinski definition) is 3. The van der Waals surface area contributed by atoms with Crippen molar-refractivity contribution in [3.63, 3.8) is 0 Å². The van der Waals surface area contributed by atoms with Crippen molar-refractivity contribution >= 4 is 33.2 Å². The lowest BCUT2D eigenvalue weighted by atomic mass is 10.2. The number of hydrogen-bond donors (Lipinski definition) is 1. The van der Waals surface area contributed by atoms with E-state index in [4.69, 9.17) is 11.6 Å². The van der Waals surface area contributed by atoms with Crippen LogP contribution in [0.4, 0.5) is 23.2 Å². The number of amides is 1. The van der Waals surface area contributed by atoms with Crippen molar-refractivity contribution in [1.29, 1.82) is 0 Å². The molecule has 0 aromatic heterocycles. The van der Waals surface area contributed by atoms with Gasteiger partial charge in [0.25, 0.3) is 0 Å². The molecule has 0 atom stereocenters. The molecule has 0 aliphatic rings. The van der Waals surface area contributed by atoms with E-state index < -0.39 is 58.0 Å². The summed E-state index contributed by atoms with van der Waals surface area (Å²) in [6.45, 7) is 0.242. The highest BCUT2D eigenvalue weighted by Gasteiger charge is 2.29. The van der Waals surface area contributed by atoms with Crippen molar-refractivity contribution in [2.75, 3.05) is 11.9 Å². The van der Waals surface area contributed by atoms with Crippen molar-refractivity contribution in [2.24, 2.45) is 0 Å². The average Bonchev–Trinajstić information content (AvgIpc) is 2.76. The fourth-order valence-corrected chi connectivity index (χ4v) is 4.50. The van der Waals surface area contributed by atoms with Gasteiger partial charge in [-0.05, 0) is 43.3 Å². The summed E-state index contributed by atoms with van der Waals surface area (Å²) in [5.41, 5.74) is -0.0821. The topological polar surface area (TPSA) is 66.5 Å². The van der Waals surface area contributed by atoms with E-state index in [-0.39, 0.29) is 15.5 Å². The molecule has 0 saturated heterocycles. The maximum atomic E-state index is 14.3. The fourth-order valence-electron chi connectivity index (χ4n) is 2.92. The van der Waals surface area contributed by atoms with Crippen LogP contribution in [0.2, 0.25) is 5.02 Å². The number of nitrogens with one attached hydrogen (secondary N) is 1. The summed E-state index contributed by atoms with van der Waals surface area (Å²) in [6, 6.07) is 10.9. The van der Waals surface area contributed by atoms with Gasteiger partial charge in [-0.25, -0.2) is 26.0 Å². The summed E-state index contributed by atoms with van der Waals surface area (Å²) >= 11 is 6.02. The SMILES string of the molecule is Cc1ccc(S(=O)(=O)N(CC(=O)Nc2ccc(F)c(F)c2F)Cc2c(F)cccc2Cl)cc1. The molecular formula is C22H17ClF4N2O3S. The van der Waals surface area contributed by atoms with Gasteiger partial charge >= 0.3 is 0 Å². The number of anilines is 1. The number of sulfonamides is 1. The maximum absolute atomic E-state index is 14.3. The molecule has 3 aromatic carbocycles. The molecule has 0 spiro atoms. The van der Waals surface area contributed by atoms with Crippen LogP contribution in [0.15, 0.2) is 59.5 Å². The number of carbonyl (C=O) groups is 1. The molecule has 3 rings (SSSR count). The minimum atomic E-state index is -4.34. The predicted molar refractivity (Wildman–Crippen MR) is 115 cm³/mol. The highest BCUT2D eigenvalue weighted by molar-refractivity contribution is 7.89. The maximum Gasteiger partial charge on any atom is 0.243 e. The van der Waals surface area contributed by atoms with Gasteiger partial charge in [0.2, 0.25) is 15.9 Å².